The number of aromatic nitrogens is 2. The molecule has 6 rings (SSSR count). The fraction of sp³-hybridized carbons (Fsp3) is 0.222. The van der Waals surface area contributed by atoms with Crippen molar-refractivity contribution in [2.75, 3.05) is 36.8 Å². The minimum atomic E-state index is -1.33. The number of carbonyl (C=O) groups is 1. The molecule has 0 amide bonds. The van der Waals surface area contributed by atoms with Gasteiger partial charge in [0.1, 0.15) is 12.0 Å². The number of halogens is 2. The third-order valence-electron chi connectivity index (χ3n) is 6.84. The van der Waals surface area contributed by atoms with Crippen LogP contribution in [0.25, 0.3) is 22.5 Å². The maximum absolute atomic E-state index is 14.4. The molecular formula is C27H23F2N5O. The maximum atomic E-state index is 14.4. The van der Waals surface area contributed by atoms with E-state index >= 15 is 0 Å². The van der Waals surface area contributed by atoms with E-state index in [9.17, 15) is 13.6 Å². The zero-order valence-electron chi connectivity index (χ0n) is 18.9. The number of nitrogens with two attached hydrogens (primary N) is 1. The highest BCUT2D eigenvalue weighted by atomic mass is 19.1. The molecular weight excluding hydrogens is 448 g/mol. The summed E-state index contributed by atoms with van der Waals surface area (Å²) in [5.41, 5.74) is 11.2. The smallest absolute Gasteiger partial charge is 0.221 e. The Balaban J connectivity index is 1.36. The Morgan fingerprint density at radius 3 is 2.31 bits per heavy atom. The summed E-state index contributed by atoms with van der Waals surface area (Å²) >= 11 is 0. The van der Waals surface area contributed by atoms with E-state index in [2.05, 4.69) is 14.9 Å². The Morgan fingerprint density at radius 1 is 0.857 bits per heavy atom. The van der Waals surface area contributed by atoms with Crippen LogP contribution in [0.15, 0.2) is 72.2 Å². The van der Waals surface area contributed by atoms with Crippen LogP contribution >= 0.6 is 0 Å². The average molecular weight is 472 g/mol. The summed E-state index contributed by atoms with van der Waals surface area (Å²) in [4.78, 5) is 26.6. The van der Waals surface area contributed by atoms with E-state index in [0.29, 0.717) is 54.4 Å². The number of alkyl halides is 1. The van der Waals surface area contributed by atoms with Crippen LogP contribution in [-0.2, 0) is 0 Å². The fourth-order valence-corrected chi connectivity index (χ4v) is 5.19. The number of fused-ring (bicyclic) bond motifs is 3. The molecule has 0 saturated carbocycles. The van der Waals surface area contributed by atoms with Gasteiger partial charge in [0.2, 0.25) is 5.95 Å². The van der Waals surface area contributed by atoms with Crippen molar-refractivity contribution in [3.63, 3.8) is 0 Å². The number of anilines is 2. The second-order valence-corrected chi connectivity index (χ2v) is 8.90. The first-order valence-corrected chi connectivity index (χ1v) is 11.6. The fourth-order valence-electron chi connectivity index (χ4n) is 5.19. The molecule has 1 aliphatic heterocycles. The summed E-state index contributed by atoms with van der Waals surface area (Å²) in [6.07, 6.45) is 1.35. The minimum Gasteiger partial charge on any atom is -0.369 e. The second kappa shape index (κ2) is 8.30. The lowest BCUT2D eigenvalue weighted by Gasteiger charge is -2.40. The van der Waals surface area contributed by atoms with Crippen molar-refractivity contribution in [3.05, 3.63) is 83.3 Å². The van der Waals surface area contributed by atoms with Gasteiger partial charge in [-0.2, -0.15) is 0 Å². The zero-order chi connectivity index (χ0) is 24.1. The van der Waals surface area contributed by atoms with Crippen LogP contribution in [0.4, 0.5) is 20.4 Å². The van der Waals surface area contributed by atoms with Gasteiger partial charge in [-0.15, -0.1) is 0 Å². The number of hydrogen-bond donors (Lipinski definition) is 1. The van der Waals surface area contributed by atoms with Crippen molar-refractivity contribution >= 4 is 17.4 Å². The van der Waals surface area contributed by atoms with Gasteiger partial charge < -0.3 is 15.5 Å². The van der Waals surface area contributed by atoms with Gasteiger partial charge >= 0.3 is 0 Å². The number of allylic oxidation sites excluding steroid dienone is 4. The Kier molecular flexibility index (Phi) is 5.09. The number of piperazine rings is 1. The van der Waals surface area contributed by atoms with E-state index in [1.807, 2.05) is 53.4 Å². The molecule has 1 atom stereocenters. The third-order valence-corrected chi connectivity index (χ3v) is 6.84. The Bertz CT molecular complexity index is 1390. The van der Waals surface area contributed by atoms with E-state index < -0.39 is 12.0 Å². The van der Waals surface area contributed by atoms with Gasteiger partial charge in [0.15, 0.2) is 5.78 Å². The van der Waals surface area contributed by atoms with Gasteiger partial charge in [-0.3, -0.25) is 4.79 Å². The van der Waals surface area contributed by atoms with Crippen molar-refractivity contribution in [3.8, 4) is 22.5 Å². The molecule has 6 nitrogen and oxygen atoms in total. The van der Waals surface area contributed by atoms with Crippen molar-refractivity contribution in [2.24, 2.45) is 0 Å². The number of ketones is 1. The predicted molar refractivity (Wildman–Crippen MR) is 131 cm³/mol. The minimum absolute atomic E-state index is 0.112. The lowest BCUT2D eigenvalue weighted by atomic mass is 10.0. The topological polar surface area (TPSA) is 75.3 Å². The van der Waals surface area contributed by atoms with E-state index in [-0.39, 0.29) is 18.2 Å². The first kappa shape index (κ1) is 21.5. The van der Waals surface area contributed by atoms with E-state index in [1.165, 1.54) is 6.08 Å². The third kappa shape index (κ3) is 3.56. The van der Waals surface area contributed by atoms with E-state index in [4.69, 9.17) is 5.73 Å². The molecule has 3 aromatic rings. The summed E-state index contributed by atoms with van der Waals surface area (Å²) in [6.45, 7) is 2.44. The van der Waals surface area contributed by atoms with Gasteiger partial charge in [-0.25, -0.2) is 18.7 Å². The van der Waals surface area contributed by atoms with Crippen LogP contribution in [0.1, 0.15) is 22.3 Å². The highest BCUT2D eigenvalue weighted by Gasteiger charge is 2.36. The van der Waals surface area contributed by atoms with Crippen LogP contribution in [0, 0.1) is 0 Å². The van der Waals surface area contributed by atoms with Gasteiger partial charge in [-0.1, -0.05) is 42.5 Å². The molecule has 2 heterocycles. The summed E-state index contributed by atoms with van der Waals surface area (Å²) in [7, 11) is 0. The van der Waals surface area contributed by atoms with Gasteiger partial charge in [-0.05, 0) is 18.2 Å². The largest absolute Gasteiger partial charge is 0.369 e. The predicted octanol–water partition coefficient (Wildman–Crippen LogP) is 4.54. The number of benzene rings is 2. The number of carbonyl (C=O) groups excluding carboxylic acids is 1. The van der Waals surface area contributed by atoms with Crippen molar-refractivity contribution in [2.45, 2.75) is 12.6 Å². The molecule has 0 radical (unpaired) electrons. The standard InChI is InChI=1S/C27H23F2N5O/c28-17-9-10-20(19(29)15-17)33-11-13-34(14-12-33)21-8-4-7-18-22(21)25-23(26(18)35)24(31-27(30)32-25)16-5-2-1-3-6-16/h1-10,19H,11-15H2,(H2,30,31,32). The van der Waals surface area contributed by atoms with Crippen LogP contribution in [-0.4, -0.2) is 53.0 Å². The molecule has 1 saturated heterocycles. The van der Waals surface area contributed by atoms with Gasteiger partial charge in [0.05, 0.1) is 17.0 Å². The average Bonchev–Trinajstić information content (AvgIpc) is 3.16. The Hall–Kier alpha value is -4.07. The summed E-state index contributed by atoms with van der Waals surface area (Å²) in [5.74, 6) is -0.434. The summed E-state index contributed by atoms with van der Waals surface area (Å²) in [6, 6.07) is 15.2. The van der Waals surface area contributed by atoms with Crippen LogP contribution in [0.2, 0.25) is 0 Å². The molecule has 35 heavy (non-hydrogen) atoms. The molecule has 1 unspecified atom stereocenters. The SMILES string of the molecule is Nc1nc(-c2ccccc2)c2c(n1)-c1c(cccc1N1CCN(C3=CC=C(F)CC3F)CC1)C2=O. The molecule has 176 valence electrons. The number of nitrogen functional groups attached to an aromatic ring is 1. The first-order valence-electron chi connectivity index (χ1n) is 11.6. The summed E-state index contributed by atoms with van der Waals surface area (Å²) in [5, 5.41) is 0. The maximum Gasteiger partial charge on any atom is 0.221 e. The van der Waals surface area contributed by atoms with Gasteiger partial charge in [0.25, 0.3) is 0 Å². The van der Waals surface area contributed by atoms with Crippen molar-refractivity contribution in [1.29, 1.82) is 0 Å². The van der Waals surface area contributed by atoms with Crippen LogP contribution in [0.5, 0.6) is 0 Å². The molecule has 0 spiro atoms. The Labute approximate surface area is 201 Å². The highest BCUT2D eigenvalue weighted by Crippen LogP contribution is 2.45. The quantitative estimate of drug-likeness (QED) is 0.473. The van der Waals surface area contributed by atoms with Crippen LogP contribution < -0.4 is 10.6 Å². The number of rotatable bonds is 3. The molecule has 3 aliphatic rings. The second-order valence-electron chi connectivity index (χ2n) is 8.90. The lowest BCUT2D eigenvalue weighted by molar-refractivity contribution is 0.104. The normalized spacial score (nSPS) is 19.3. The van der Waals surface area contributed by atoms with Crippen LogP contribution in [0.3, 0.4) is 0 Å². The molecule has 2 aromatic carbocycles. The number of hydrogen-bond acceptors (Lipinski definition) is 6. The van der Waals surface area contributed by atoms with Crippen molar-refractivity contribution in [1.82, 2.24) is 14.9 Å². The molecule has 0 bridgehead atoms. The highest BCUT2D eigenvalue weighted by molar-refractivity contribution is 6.25. The zero-order valence-corrected chi connectivity index (χ0v) is 18.9. The van der Waals surface area contributed by atoms with E-state index in [0.717, 1.165) is 16.8 Å². The monoisotopic (exact) mass is 471 g/mol. The summed E-state index contributed by atoms with van der Waals surface area (Å²) < 4.78 is 27.8. The lowest BCUT2D eigenvalue weighted by Crippen LogP contribution is -2.47. The Morgan fingerprint density at radius 2 is 1.57 bits per heavy atom. The van der Waals surface area contributed by atoms with Gasteiger partial charge in [0, 0.05) is 60.7 Å². The molecule has 2 N–H and O–H groups in total. The molecule has 8 heteroatoms. The van der Waals surface area contributed by atoms with Crippen molar-refractivity contribution < 1.29 is 13.6 Å². The molecule has 1 fully saturated rings. The number of nitrogens with zero attached hydrogens (tertiary/aromatic N) is 4. The molecule has 2 aliphatic carbocycles. The first-order chi connectivity index (χ1) is 17.0. The van der Waals surface area contributed by atoms with E-state index in [1.54, 1.807) is 6.08 Å². The molecule has 1 aromatic heterocycles.